The van der Waals surface area contributed by atoms with Crippen molar-refractivity contribution in [2.45, 2.75) is 31.6 Å². The highest BCUT2D eigenvalue weighted by molar-refractivity contribution is 5.80. The summed E-state index contributed by atoms with van der Waals surface area (Å²) in [5.41, 5.74) is 4.82. The lowest BCUT2D eigenvalue weighted by Gasteiger charge is -2.26. The minimum Gasteiger partial charge on any atom is -0.334 e. The number of alkyl halides is 3. The third-order valence-corrected chi connectivity index (χ3v) is 3.40. The van der Waals surface area contributed by atoms with E-state index in [-0.39, 0.29) is 17.9 Å². The van der Waals surface area contributed by atoms with Crippen molar-refractivity contribution in [3.8, 4) is 0 Å². The zero-order valence-corrected chi connectivity index (χ0v) is 10.7. The zero-order valence-electron chi connectivity index (χ0n) is 10.7. The first-order valence-electron chi connectivity index (χ1n) is 6.16. The maximum absolute atomic E-state index is 13.4. The molecule has 20 heavy (non-hydrogen) atoms. The number of likely N-dealkylation sites (tertiary alicyclic amines) is 1. The molecule has 1 aromatic carbocycles. The van der Waals surface area contributed by atoms with Gasteiger partial charge >= 0.3 is 6.18 Å². The first-order valence-corrected chi connectivity index (χ1v) is 6.16. The molecule has 0 spiro atoms. The van der Waals surface area contributed by atoms with Gasteiger partial charge in [-0.1, -0.05) is 0 Å². The lowest BCUT2D eigenvalue weighted by Crippen LogP contribution is -2.33. The Balaban J connectivity index is 2.47. The molecule has 0 saturated carbocycles. The number of carbonyl (C=O) groups excluding carboxylic acids is 1. The number of nitrogens with two attached hydrogens (primary N) is 1. The molecule has 1 aliphatic rings. The molecule has 0 aliphatic carbocycles. The van der Waals surface area contributed by atoms with Crippen molar-refractivity contribution in [3.63, 3.8) is 0 Å². The molecule has 0 bridgehead atoms. The average molecular weight is 290 g/mol. The van der Waals surface area contributed by atoms with Crippen LogP contribution in [0.5, 0.6) is 0 Å². The summed E-state index contributed by atoms with van der Waals surface area (Å²) in [4.78, 5) is 13.1. The van der Waals surface area contributed by atoms with Crippen LogP contribution < -0.4 is 5.73 Å². The van der Waals surface area contributed by atoms with Crippen molar-refractivity contribution < 1.29 is 22.4 Å². The van der Waals surface area contributed by atoms with Crippen molar-refractivity contribution >= 4 is 5.91 Å². The molecular formula is C13H14F4N2O. The zero-order chi connectivity index (χ0) is 15.1. The second-order valence-electron chi connectivity index (χ2n) is 4.76. The van der Waals surface area contributed by atoms with Crippen LogP contribution in [0.3, 0.4) is 0 Å². The van der Waals surface area contributed by atoms with Gasteiger partial charge in [0.2, 0.25) is 5.91 Å². The van der Waals surface area contributed by atoms with Crippen LogP contribution in [0, 0.1) is 5.82 Å². The number of nitrogens with zero attached hydrogens (tertiary/aromatic N) is 1. The Morgan fingerprint density at radius 1 is 1.35 bits per heavy atom. The lowest BCUT2D eigenvalue weighted by atomic mass is 9.98. The van der Waals surface area contributed by atoms with Crippen molar-refractivity contribution in [2.75, 3.05) is 6.54 Å². The van der Waals surface area contributed by atoms with Crippen LogP contribution in [0.4, 0.5) is 17.6 Å². The fraction of sp³-hybridized carbons (Fsp3) is 0.462. The quantitative estimate of drug-likeness (QED) is 0.850. The van der Waals surface area contributed by atoms with Gasteiger partial charge in [0.05, 0.1) is 11.6 Å². The number of hydrogen-bond acceptors (Lipinski definition) is 2. The predicted molar refractivity (Wildman–Crippen MR) is 64.1 cm³/mol. The predicted octanol–water partition coefficient (Wildman–Crippen LogP) is 2.47. The normalized spacial score (nSPS) is 23.5. The number of rotatable bonds is 2. The Morgan fingerprint density at radius 2 is 2.00 bits per heavy atom. The fourth-order valence-electron chi connectivity index (χ4n) is 2.56. The summed E-state index contributed by atoms with van der Waals surface area (Å²) in [6, 6.07) is 0.937. The molecule has 1 amide bonds. The van der Waals surface area contributed by atoms with Gasteiger partial charge in [-0.2, -0.15) is 13.2 Å². The monoisotopic (exact) mass is 290 g/mol. The summed E-state index contributed by atoms with van der Waals surface area (Å²) in [7, 11) is 0. The Labute approximate surface area is 113 Å². The van der Waals surface area contributed by atoms with Crippen LogP contribution in [0.2, 0.25) is 0 Å². The summed E-state index contributed by atoms with van der Waals surface area (Å²) in [5.74, 6) is -1.22. The van der Waals surface area contributed by atoms with E-state index in [0.29, 0.717) is 12.6 Å². The number of likely N-dealkylation sites (N-methyl/N-ethyl adjacent to an activating group) is 1. The van der Waals surface area contributed by atoms with Crippen molar-refractivity contribution in [1.82, 2.24) is 4.90 Å². The van der Waals surface area contributed by atoms with E-state index in [1.807, 2.05) is 0 Å². The highest BCUT2D eigenvalue weighted by Gasteiger charge is 2.39. The Hall–Kier alpha value is -1.63. The molecule has 1 aliphatic heterocycles. The summed E-state index contributed by atoms with van der Waals surface area (Å²) < 4.78 is 51.6. The van der Waals surface area contributed by atoms with Crippen molar-refractivity contribution in [3.05, 3.63) is 35.1 Å². The minimum atomic E-state index is -4.64. The second kappa shape index (κ2) is 5.05. The molecule has 2 unspecified atom stereocenters. The van der Waals surface area contributed by atoms with Gasteiger partial charge in [-0.05, 0) is 30.7 Å². The summed E-state index contributed by atoms with van der Waals surface area (Å²) >= 11 is 0. The number of amides is 1. The summed E-state index contributed by atoms with van der Waals surface area (Å²) in [5, 5.41) is 0. The van der Waals surface area contributed by atoms with E-state index >= 15 is 0 Å². The molecule has 1 aromatic rings. The fourth-order valence-corrected chi connectivity index (χ4v) is 2.56. The van der Waals surface area contributed by atoms with Crippen LogP contribution in [0.25, 0.3) is 0 Å². The Morgan fingerprint density at radius 3 is 2.55 bits per heavy atom. The molecule has 2 rings (SSSR count). The molecule has 110 valence electrons. The number of benzene rings is 1. The van der Waals surface area contributed by atoms with E-state index in [0.717, 1.165) is 12.1 Å². The van der Waals surface area contributed by atoms with Gasteiger partial charge in [0.25, 0.3) is 0 Å². The first kappa shape index (κ1) is 14.8. The molecule has 1 fully saturated rings. The average Bonchev–Trinajstić information content (AvgIpc) is 2.61. The minimum absolute atomic E-state index is 0.0520. The maximum atomic E-state index is 13.4. The van der Waals surface area contributed by atoms with Gasteiger partial charge in [0.15, 0.2) is 0 Å². The van der Waals surface area contributed by atoms with Gasteiger partial charge in [-0.15, -0.1) is 0 Å². The highest BCUT2D eigenvalue weighted by Crippen LogP contribution is 2.36. The molecule has 1 heterocycles. The Kier molecular flexibility index (Phi) is 3.73. The van der Waals surface area contributed by atoms with Gasteiger partial charge in [0.1, 0.15) is 5.82 Å². The van der Waals surface area contributed by atoms with Crippen LogP contribution in [0.15, 0.2) is 18.2 Å². The van der Waals surface area contributed by atoms with Gasteiger partial charge in [-0.25, -0.2) is 4.39 Å². The topological polar surface area (TPSA) is 46.3 Å². The van der Waals surface area contributed by atoms with Crippen LogP contribution in [-0.4, -0.2) is 23.4 Å². The third kappa shape index (κ3) is 2.63. The lowest BCUT2D eigenvalue weighted by molar-refractivity contribution is -0.137. The van der Waals surface area contributed by atoms with Crippen LogP contribution in [0.1, 0.15) is 30.5 Å². The SMILES string of the molecule is CCN1C(=O)CC(N)C1c1cc(F)cc(C(F)(F)F)c1. The van der Waals surface area contributed by atoms with E-state index < -0.39 is 29.6 Å². The second-order valence-corrected chi connectivity index (χ2v) is 4.76. The molecule has 0 aromatic heterocycles. The summed E-state index contributed by atoms with van der Waals surface area (Å²) in [6.45, 7) is 2.02. The number of halogens is 4. The molecule has 7 heteroatoms. The largest absolute Gasteiger partial charge is 0.416 e. The summed E-state index contributed by atoms with van der Waals surface area (Å²) in [6.07, 6.45) is -4.59. The van der Waals surface area contributed by atoms with Gasteiger partial charge in [-0.3, -0.25) is 4.79 Å². The standard InChI is InChI=1S/C13H14F4N2O/c1-2-19-11(20)6-10(18)12(19)7-3-8(13(15,16)17)5-9(14)4-7/h3-5,10,12H,2,6,18H2,1H3. The maximum Gasteiger partial charge on any atom is 0.416 e. The van der Waals surface area contributed by atoms with Crippen LogP contribution in [-0.2, 0) is 11.0 Å². The van der Waals surface area contributed by atoms with Crippen molar-refractivity contribution in [2.24, 2.45) is 5.73 Å². The van der Waals surface area contributed by atoms with Gasteiger partial charge < -0.3 is 10.6 Å². The number of carbonyl (C=O) groups is 1. The van der Waals surface area contributed by atoms with Crippen LogP contribution >= 0.6 is 0 Å². The van der Waals surface area contributed by atoms with E-state index in [4.69, 9.17) is 5.73 Å². The molecule has 0 radical (unpaired) electrons. The number of hydrogen-bond donors (Lipinski definition) is 1. The molecule has 1 saturated heterocycles. The smallest absolute Gasteiger partial charge is 0.334 e. The highest BCUT2D eigenvalue weighted by atomic mass is 19.4. The molecular weight excluding hydrogens is 276 g/mol. The van der Waals surface area contributed by atoms with E-state index in [1.165, 1.54) is 4.90 Å². The van der Waals surface area contributed by atoms with Gasteiger partial charge in [0, 0.05) is 19.0 Å². The van der Waals surface area contributed by atoms with E-state index in [1.54, 1.807) is 6.92 Å². The first-order chi connectivity index (χ1) is 9.24. The molecule has 3 nitrogen and oxygen atoms in total. The van der Waals surface area contributed by atoms with E-state index in [2.05, 4.69) is 0 Å². The molecule has 2 atom stereocenters. The van der Waals surface area contributed by atoms with Crippen molar-refractivity contribution in [1.29, 1.82) is 0 Å². The van der Waals surface area contributed by atoms with E-state index in [9.17, 15) is 22.4 Å². The third-order valence-electron chi connectivity index (χ3n) is 3.40. The molecule has 2 N–H and O–H groups in total. The Bertz CT molecular complexity index is 530.